The van der Waals surface area contributed by atoms with E-state index >= 15 is 0 Å². The highest BCUT2D eigenvalue weighted by Gasteiger charge is 2.31. The Kier molecular flexibility index (Phi) is 4.90. The quantitative estimate of drug-likeness (QED) is 0.604. The minimum Gasteiger partial charge on any atom is -0.454 e. The lowest BCUT2D eigenvalue weighted by atomic mass is 10.1. The highest BCUT2D eigenvalue weighted by molar-refractivity contribution is 6.11. The third-order valence-corrected chi connectivity index (χ3v) is 5.77. The third-order valence-electron chi connectivity index (χ3n) is 5.77. The first-order chi connectivity index (χ1) is 17.0. The van der Waals surface area contributed by atoms with E-state index in [0.29, 0.717) is 46.4 Å². The maximum absolute atomic E-state index is 13.1. The molecule has 4 heterocycles. The van der Waals surface area contributed by atoms with Crippen molar-refractivity contribution in [2.75, 3.05) is 30.1 Å². The van der Waals surface area contributed by atoms with Gasteiger partial charge in [0, 0.05) is 18.4 Å². The van der Waals surface area contributed by atoms with Gasteiger partial charge in [-0.2, -0.15) is 10.1 Å². The predicted octanol–water partition coefficient (Wildman–Crippen LogP) is 1.78. The van der Waals surface area contributed by atoms with Crippen LogP contribution in [0.15, 0.2) is 52.1 Å². The first kappa shape index (κ1) is 20.8. The average Bonchev–Trinajstić information content (AvgIpc) is 3.54. The summed E-state index contributed by atoms with van der Waals surface area (Å²) in [4.78, 5) is 43.4. The van der Waals surface area contributed by atoms with Gasteiger partial charge < -0.3 is 19.3 Å². The molecule has 3 aliphatic rings. The standard InChI is InChI=1S/C23H18N6O6/c30-19-10-28(16-4-2-1-3-14(16)24-19)21(32)11-29-20(31)8-6-15(26-29)23-25-22(27-35-23)13-5-7-17-18(9-13)34-12-33-17/h1-5,7,9H,6,8,10-12H2,(H,24,30). The molecule has 12 nitrogen and oxygen atoms in total. The summed E-state index contributed by atoms with van der Waals surface area (Å²) in [6.07, 6.45) is 0.423. The van der Waals surface area contributed by atoms with E-state index in [-0.39, 0.29) is 44.0 Å². The van der Waals surface area contributed by atoms with Crippen LogP contribution in [-0.4, -0.2) is 58.5 Å². The molecule has 35 heavy (non-hydrogen) atoms. The number of fused-ring (bicyclic) bond motifs is 2. The summed E-state index contributed by atoms with van der Waals surface area (Å²) >= 11 is 0. The molecule has 0 saturated carbocycles. The van der Waals surface area contributed by atoms with Crippen LogP contribution in [-0.2, 0) is 14.4 Å². The number of nitrogens with zero attached hydrogens (tertiary/aromatic N) is 5. The molecule has 0 atom stereocenters. The second-order valence-electron chi connectivity index (χ2n) is 8.03. The number of hydrogen-bond acceptors (Lipinski definition) is 9. The van der Waals surface area contributed by atoms with Gasteiger partial charge in [0.2, 0.25) is 30.3 Å². The second-order valence-corrected chi connectivity index (χ2v) is 8.03. The summed E-state index contributed by atoms with van der Waals surface area (Å²) in [6.45, 7) is -0.312. The molecule has 3 aliphatic heterocycles. The van der Waals surface area contributed by atoms with Gasteiger partial charge in [0.25, 0.3) is 5.89 Å². The zero-order valence-corrected chi connectivity index (χ0v) is 18.3. The van der Waals surface area contributed by atoms with Crippen molar-refractivity contribution < 1.29 is 28.4 Å². The van der Waals surface area contributed by atoms with Gasteiger partial charge in [-0.3, -0.25) is 19.3 Å². The van der Waals surface area contributed by atoms with Crippen molar-refractivity contribution in [3.63, 3.8) is 0 Å². The molecular formula is C23H18N6O6. The Morgan fingerprint density at radius 3 is 2.83 bits per heavy atom. The molecule has 0 aliphatic carbocycles. The largest absolute Gasteiger partial charge is 0.454 e. The number of aromatic nitrogens is 2. The molecule has 0 radical (unpaired) electrons. The van der Waals surface area contributed by atoms with E-state index in [1.165, 1.54) is 4.90 Å². The predicted molar refractivity (Wildman–Crippen MR) is 121 cm³/mol. The van der Waals surface area contributed by atoms with Crippen LogP contribution in [0.5, 0.6) is 11.5 Å². The normalized spacial score (nSPS) is 16.6. The Morgan fingerprint density at radius 2 is 1.91 bits per heavy atom. The lowest BCUT2D eigenvalue weighted by molar-refractivity contribution is -0.135. The number of carbonyl (C=O) groups is 3. The number of amides is 3. The molecule has 6 rings (SSSR count). The van der Waals surface area contributed by atoms with Crippen LogP contribution in [0.4, 0.5) is 11.4 Å². The van der Waals surface area contributed by atoms with Crippen LogP contribution < -0.4 is 19.7 Å². The maximum atomic E-state index is 13.1. The fourth-order valence-corrected chi connectivity index (χ4v) is 4.04. The SMILES string of the molecule is O=C1CN(C(=O)CN2N=C(c3nc(-c4ccc5c(c4)OCO5)no3)CCC2=O)c2ccccc2N1. The van der Waals surface area contributed by atoms with Crippen LogP contribution in [0.25, 0.3) is 11.4 Å². The first-order valence-electron chi connectivity index (χ1n) is 10.9. The van der Waals surface area contributed by atoms with Crippen molar-refractivity contribution in [3.05, 3.63) is 48.4 Å². The number of anilines is 2. The van der Waals surface area contributed by atoms with Gasteiger partial charge >= 0.3 is 0 Å². The van der Waals surface area contributed by atoms with Crippen molar-refractivity contribution in [3.8, 4) is 22.9 Å². The van der Waals surface area contributed by atoms with Gasteiger partial charge in [-0.25, -0.2) is 5.01 Å². The maximum Gasteiger partial charge on any atom is 0.274 e. The molecule has 3 amide bonds. The fourth-order valence-electron chi connectivity index (χ4n) is 4.04. The van der Waals surface area contributed by atoms with Gasteiger partial charge in [-0.1, -0.05) is 17.3 Å². The molecule has 0 bridgehead atoms. The fraction of sp³-hybridized carbons (Fsp3) is 0.217. The molecule has 3 aromatic rings. The van der Waals surface area contributed by atoms with Crippen molar-refractivity contribution in [1.82, 2.24) is 15.1 Å². The van der Waals surface area contributed by atoms with Crippen LogP contribution in [0.3, 0.4) is 0 Å². The van der Waals surface area contributed by atoms with Gasteiger partial charge in [0.1, 0.15) is 18.8 Å². The molecule has 1 N–H and O–H groups in total. The van der Waals surface area contributed by atoms with Gasteiger partial charge in [-0.15, -0.1) is 0 Å². The second kappa shape index (κ2) is 8.24. The topological polar surface area (TPSA) is 139 Å². The molecule has 0 unspecified atom stereocenters. The number of para-hydroxylation sites is 2. The van der Waals surface area contributed by atoms with Crippen LogP contribution >= 0.6 is 0 Å². The Bertz CT molecular complexity index is 1400. The Balaban J connectivity index is 1.22. The lowest BCUT2D eigenvalue weighted by Gasteiger charge is -2.31. The number of hydrogen-bond donors (Lipinski definition) is 1. The highest BCUT2D eigenvalue weighted by Crippen LogP contribution is 2.35. The number of hydrazone groups is 1. The molecule has 0 fully saturated rings. The van der Waals surface area contributed by atoms with Crippen LogP contribution in [0.2, 0.25) is 0 Å². The molecule has 176 valence electrons. The zero-order chi connectivity index (χ0) is 23.9. The minimum atomic E-state index is -0.433. The summed E-state index contributed by atoms with van der Waals surface area (Å²) in [5.41, 5.74) is 2.17. The van der Waals surface area contributed by atoms with E-state index in [1.807, 2.05) is 0 Å². The molecule has 12 heteroatoms. The highest BCUT2D eigenvalue weighted by atomic mass is 16.7. The first-order valence-corrected chi connectivity index (χ1v) is 10.9. The number of ether oxygens (including phenoxy) is 2. The molecule has 0 saturated heterocycles. The Hall–Kier alpha value is -4.74. The van der Waals surface area contributed by atoms with E-state index < -0.39 is 5.91 Å². The lowest BCUT2D eigenvalue weighted by Crippen LogP contribution is -2.47. The van der Waals surface area contributed by atoms with Crippen LogP contribution in [0, 0.1) is 0 Å². The van der Waals surface area contributed by atoms with E-state index in [0.717, 1.165) is 5.01 Å². The molecule has 0 spiro atoms. The number of nitrogens with one attached hydrogen (secondary N) is 1. The van der Waals surface area contributed by atoms with E-state index in [1.54, 1.807) is 42.5 Å². The Morgan fingerprint density at radius 1 is 1.06 bits per heavy atom. The summed E-state index contributed by atoms with van der Waals surface area (Å²) in [7, 11) is 0. The van der Waals surface area contributed by atoms with Crippen molar-refractivity contribution >= 4 is 34.8 Å². The van der Waals surface area contributed by atoms with Gasteiger partial charge in [0.05, 0.1) is 11.4 Å². The molecule has 2 aromatic carbocycles. The smallest absolute Gasteiger partial charge is 0.274 e. The monoisotopic (exact) mass is 474 g/mol. The van der Waals surface area contributed by atoms with Crippen molar-refractivity contribution in [2.45, 2.75) is 12.8 Å². The van der Waals surface area contributed by atoms with E-state index in [9.17, 15) is 14.4 Å². The van der Waals surface area contributed by atoms with Gasteiger partial charge in [0.15, 0.2) is 11.5 Å². The minimum absolute atomic E-state index is 0.130. The van der Waals surface area contributed by atoms with Crippen LogP contribution in [0.1, 0.15) is 18.7 Å². The summed E-state index contributed by atoms with van der Waals surface area (Å²) < 4.78 is 16.1. The number of rotatable bonds is 4. The Labute approximate surface area is 198 Å². The molecular weight excluding hydrogens is 456 g/mol. The number of carbonyl (C=O) groups excluding carboxylic acids is 3. The average molecular weight is 474 g/mol. The summed E-state index contributed by atoms with van der Waals surface area (Å²) in [6, 6.07) is 12.3. The third kappa shape index (κ3) is 3.84. The van der Waals surface area contributed by atoms with Gasteiger partial charge in [-0.05, 0) is 30.3 Å². The summed E-state index contributed by atoms with van der Waals surface area (Å²) in [5.74, 6) is 0.661. The van der Waals surface area contributed by atoms with E-state index in [4.69, 9.17) is 14.0 Å². The summed E-state index contributed by atoms with van der Waals surface area (Å²) in [5, 5.41) is 12.1. The van der Waals surface area contributed by atoms with Crippen molar-refractivity contribution in [2.24, 2.45) is 5.10 Å². The van der Waals surface area contributed by atoms with E-state index in [2.05, 4.69) is 20.6 Å². The molecule has 1 aromatic heterocycles. The van der Waals surface area contributed by atoms with Crippen molar-refractivity contribution in [1.29, 1.82) is 0 Å². The zero-order valence-electron chi connectivity index (χ0n) is 18.3. The number of benzene rings is 2.